The van der Waals surface area contributed by atoms with Gasteiger partial charge in [0.25, 0.3) is 0 Å². The topological polar surface area (TPSA) is 64.3 Å². The quantitative estimate of drug-likeness (QED) is 0.632. The Morgan fingerprint density at radius 2 is 2.12 bits per heavy atom. The smallest absolute Gasteiger partial charge is 0.244 e. The second kappa shape index (κ2) is 7.21. The molecule has 0 unspecified atom stereocenters. The van der Waals surface area contributed by atoms with Gasteiger partial charge in [-0.05, 0) is 49.1 Å². The van der Waals surface area contributed by atoms with E-state index in [9.17, 15) is 4.79 Å². The van der Waals surface area contributed by atoms with E-state index in [1.165, 1.54) is 5.56 Å². The Bertz CT molecular complexity index is 764. The fourth-order valence-electron chi connectivity index (χ4n) is 2.41. The highest BCUT2D eigenvalue weighted by molar-refractivity contribution is 5.92. The Morgan fingerprint density at radius 3 is 2.83 bits per heavy atom. The van der Waals surface area contributed by atoms with Gasteiger partial charge in [0, 0.05) is 12.1 Å². The number of nitrogens with one attached hydrogen (secondary N) is 1. The Labute approximate surface area is 142 Å². The molecule has 1 amide bonds. The van der Waals surface area contributed by atoms with Crippen LogP contribution in [0.1, 0.15) is 29.5 Å². The molecule has 0 atom stereocenters. The summed E-state index contributed by atoms with van der Waals surface area (Å²) < 4.78 is 5.79. The summed E-state index contributed by atoms with van der Waals surface area (Å²) in [5.74, 6) is 0.590. The number of hydrogen-bond donors (Lipinski definition) is 2. The highest BCUT2D eigenvalue weighted by atomic mass is 16.5. The number of aryl methyl sites for hydroxylation is 1. The molecule has 24 heavy (non-hydrogen) atoms. The van der Waals surface area contributed by atoms with E-state index in [1.807, 2.05) is 30.3 Å². The number of nitrogen functional groups attached to an aromatic ring is 1. The Hall–Kier alpha value is -2.75. The fourth-order valence-corrected chi connectivity index (χ4v) is 2.41. The summed E-state index contributed by atoms with van der Waals surface area (Å²) in [7, 11) is 0. The summed E-state index contributed by atoms with van der Waals surface area (Å²) in [6.45, 7) is 2.53. The predicted molar refractivity (Wildman–Crippen MR) is 96.6 cm³/mol. The van der Waals surface area contributed by atoms with Crippen LogP contribution in [-0.2, 0) is 11.4 Å². The molecule has 124 valence electrons. The minimum absolute atomic E-state index is 0.0594. The number of anilines is 1. The van der Waals surface area contributed by atoms with Gasteiger partial charge in [-0.3, -0.25) is 4.79 Å². The maximum atomic E-state index is 11.7. The third kappa shape index (κ3) is 4.62. The Morgan fingerprint density at radius 1 is 1.29 bits per heavy atom. The standard InChI is InChI=1S/C20H22N2O2/c1-14-3-2-4-16(11-14)13-24-19-9-5-15(12-18(19)21)6-10-20(23)22-17-7-8-17/h2-6,9-12,17H,7-8,13,21H2,1H3,(H,22,23)/b10-6-. The van der Waals surface area contributed by atoms with Crippen LogP contribution < -0.4 is 15.8 Å². The van der Waals surface area contributed by atoms with Gasteiger partial charge in [0.2, 0.25) is 5.91 Å². The first kappa shape index (κ1) is 16.1. The van der Waals surface area contributed by atoms with Crippen molar-refractivity contribution < 1.29 is 9.53 Å². The molecule has 0 heterocycles. The zero-order chi connectivity index (χ0) is 16.9. The zero-order valence-corrected chi connectivity index (χ0v) is 13.8. The van der Waals surface area contributed by atoms with E-state index in [-0.39, 0.29) is 5.91 Å². The lowest BCUT2D eigenvalue weighted by atomic mass is 10.1. The van der Waals surface area contributed by atoms with Crippen LogP contribution in [0.15, 0.2) is 48.5 Å². The number of carbonyl (C=O) groups excluding carboxylic acids is 1. The number of rotatable bonds is 6. The maximum absolute atomic E-state index is 11.7. The van der Waals surface area contributed by atoms with Gasteiger partial charge in [0.05, 0.1) is 5.69 Å². The number of carbonyl (C=O) groups is 1. The first-order valence-corrected chi connectivity index (χ1v) is 8.16. The normalized spacial score (nSPS) is 13.9. The number of hydrogen-bond acceptors (Lipinski definition) is 3. The summed E-state index contributed by atoms with van der Waals surface area (Å²) in [5.41, 5.74) is 9.80. The summed E-state index contributed by atoms with van der Waals surface area (Å²) in [6.07, 6.45) is 5.47. The maximum Gasteiger partial charge on any atom is 0.244 e. The molecular weight excluding hydrogens is 300 g/mol. The van der Waals surface area contributed by atoms with E-state index in [1.54, 1.807) is 12.2 Å². The molecule has 1 fully saturated rings. The molecule has 4 nitrogen and oxygen atoms in total. The number of ether oxygens (including phenoxy) is 1. The van der Waals surface area contributed by atoms with E-state index < -0.39 is 0 Å². The fraction of sp³-hybridized carbons (Fsp3) is 0.250. The van der Waals surface area contributed by atoms with Gasteiger partial charge < -0.3 is 15.8 Å². The SMILES string of the molecule is Cc1cccc(COc2ccc(/C=C\C(=O)NC3CC3)cc2N)c1. The molecule has 0 saturated heterocycles. The van der Waals surface area contributed by atoms with Gasteiger partial charge in [-0.1, -0.05) is 35.9 Å². The molecule has 1 aliphatic carbocycles. The molecule has 0 aromatic heterocycles. The van der Waals surface area contributed by atoms with Crippen molar-refractivity contribution in [2.75, 3.05) is 5.73 Å². The molecule has 1 saturated carbocycles. The Balaban J connectivity index is 1.59. The highest BCUT2D eigenvalue weighted by Gasteiger charge is 2.21. The van der Waals surface area contributed by atoms with Crippen LogP contribution in [0.5, 0.6) is 5.75 Å². The van der Waals surface area contributed by atoms with E-state index in [0.29, 0.717) is 24.1 Å². The summed E-state index contributed by atoms with van der Waals surface area (Å²) in [5, 5.41) is 2.91. The number of benzene rings is 2. The van der Waals surface area contributed by atoms with Crippen molar-refractivity contribution in [1.82, 2.24) is 5.32 Å². The molecular formula is C20H22N2O2. The van der Waals surface area contributed by atoms with Crippen molar-refractivity contribution in [1.29, 1.82) is 0 Å². The molecule has 4 heteroatoms. The molecule has 2 aromatic rings. The monoisotopic (exact) mass is 322 g/mol. The predicted octanol–water partition coefficient (Wildman–Crippen LogP) is 3.45. The largest absolute Gasteiger partial charge is 0.487 e. The number of amides is 1. The van der Waals surface area contributed by atoms with Gasteiger partial charge in [-0.2, -0.15) is 0 Å². The van der Waals surface area contributed by atoms with Gasteiger partial charge in [-0.15, -0.1) is 0 Å². The van der Waals surface area contributed by atoms with Crippen molar-refractivity contribution in [3.8, 4) is 5.75 Å². The van der Waals surface area contributed by atoms with E-state index in [4.69, 9.17) is 10.5 Å². The van der Waals surface area contributed by atoms with Gasteiger partial charge >= 0.3 is 0 Å². The van der Waals surface area contributed by atoms with Gasteiger partial charge in [0.1, 0.15) is 12.4 Å². The molecule has 0 aliphatic heterocycles. The minimum atomic E-state index is -0.0594. The first-order valence-electron chi connectivity index (χ1n) is 8.16. The highest BCUT2D eigenvalue weighted by Crippen LogP contribution is 2.24. The van der Waals surface area contributed by atoms with Crippen LogP contribution in [0.2, 0.25) is 0 Å². The first-order chi connectivity index (χ1) is 11.6. The summed E-state index contributed by atoms with van der Waals surface area (Å²) in [4.78, 5) is 11.7. The summed E-state index contributed by atoms with van der Waals surface area (Å²) in [6, 6.07) is 14.1. The average molecular weight is 322 g/mol. The number of nitrogens with two attached hydrogens (primary N) is 1. The van der Waals surface area contributed by atoms with Crippen LogP contribution in [0.25, 0.3) is 6.08 Å². The van der Waals surface area contributed by atoms with Crippen LogP contribution >= 0.6 is 0 Å². The van der Waals surface area contributed by atoms with Crippen molar-refractivity contribution >= 4 is 17.7 Å². The summed E-state index contributed by atoms with van der Waals surface area (Å²) >= 11 is 0. The second-order valence-electron chi connectivity index (χ2n) is 6.19. The van der Waals surface area contributed by atoms with Gasteiger partial charge in [0.15, 0.2) is 0 Å². The molecule has 0 radical (unpaired) electrons. The molecule has 2 aromatic carbocycles. The van der Waals surface area contributed by atoms with Crippen LogP contribution in [0, 0.1) is 6.92 Å². The average Bonchev–Trinajstić information content (AvgIpc) is 3.36. The van der Waals surface area contributed by atoms with Crippen molar-refractivity contribution in [3.05, 3.63) is 65.2 Å². The molecule has 0 spiro atoms. The third-order valence-corrected chi connectivity index (χ3v) is 3.86. The zero-order valence-electron chi connectivity index (χ0n) is 13.8. The van der Waals surface area contributed by atoms with Gasteiger partial charge in [-0.25, -0.2) is 0 Å². The Kier molecular flexibility index (Phi) is 4.85. The second-order valence-corrected chi connectivity index (χ2v) is 6.19. The van der Waals surface area contributed by atoms with E-state index in [2.05, 4.69) is 24.4 Å². The van der Waals surface area contributed by atoms with E-state index >= 15 is 0 Å². The van der Waals surface area contributed by atoms with Crippen LogP contribution in [-0.4, -0.2) is 11.9 Å². The lowest BCUT2D eigenvalue weighted by Crippen LogP contribution is -2.22. The van der Waals surface area contributed by atoms with E-state index in [0.717, 1.165) is 24.0 Å². The molecule has 3 N–H and O–H groups in total. The van der Waals surface area contributed by atoms with Crippen LogP contribution in [0.4, 0.5) is 5.69 Å². The molecule has 1 aliphatic rings. The van der Waals surface area contributed by atoms with Crippen LogP contribution in [0.3, 0.4) is 0 Å². The molecule has 0 bridgehead atoms. The molecule has 3 rings (SSSR count). The third-order valence-electron chi connectivity index (χ3n) is 3.86. The minimum Gasteiger partial charge on any atom is -0.487 e. The van der Waals surface area contributed by atoms with Crippen molar-refractivity contribution in [3.63, 3.8) is 0 Å². The lowest BCUT2D eigenvalue weighted by molar-refractivity contribution is -0.116. The lowest BCUT2D eigenvalue weighted by Gasteiger charge is -2.10. The van der Waals surface area contributed by atoms with Crippen molar-refractivity contribution in [2.45, 2.75) is 32.4 Å². The van der Waals surface area contributed by atoms with Crippen molar-refractivity contribution in [2.24, 2.45) is 0 Å².